The van der Waals surface area contributed by atoms with E-state index >= 15 is 0 Å². The molecule has 0 aliphatic rings. The van der Waals surface area contributed by atoms with Crippen molar-refractivity contribution in [3.63, 3.8) is 0 Å². The third-order valence-corrected chi connectivity index (χ3v) is 3.59. The topological polar surface area (TPSA) is 34.1 Å². The summed E-state index contributed by atoms with van der Waals surface area (Å²) in [7, 11) is 0. The standard InChI is InChI=1S/C17H30N2O/c1-4-7-9-15(6-3)14-20-17-16(10-8-12-19-17)13-18-11-5-2/h8,10,12,15,18H,4-7,9,11,13-14H2,1-3H3. The smallest absolute Gasteiger partial charge is 0.217 e. The van der Waals surface area contributed by atoms with Gasteiger partial charge in [0.2, 0.25) is 5.88 Å². The maximum Gasteiger partial charge on any atom is 0.217 e. The summed E-state index contributed by atoms with van der Waals surface area (Å²) in [6.45, 7) is 9.31. The molecule has 20 heavy (non-hydrogen) atoms. The SMILES string of the molecule is CCCCC(CC)COc1ncccc1CNCCC. The maximum atomic E-state index is 5.97. The van der Waals surface area contributed by atoms with Gasteiger partial charge in [0.1, 0.15) is 0 Å². The Morgan fingerprint density at radius 2 is 2.10 bits per heavy atom. The van der Waals surface area contributed by atoms with Crippen LogP contribution in [-0.2, 0) is 6.54 Å². The van der Waals surface area contributed by atoms with E-state index in [9.17, 15) is 0 Å². The van der Waals surface area contributed by atoms with E-state index in [4.69, 9.17) is 4.74 Å². The summed E-state index contributed by atoms with van der Waals surface area (Å²) in [6.07, 6.45) is 7.93. The van der Waals surface area contributed by atoms with Crippen LogP contribution in [0.15, 0.2) is 18.3 Å². The third kappa shape index (κ3) is 6.38. The number of pyridine rings is 1. The number of nitrogens with zero attached hydrogens (tertiary/aromatic N) is 1. The molecule has 1 heterocycles. The molecule has 0 aliphatic carbocycles. The van der Waals surface area contributed by atoms with Crippen LogP contribution in [0.4, 0.5) is 0 Å². The number of ether oxygens (including phenoxy) is 1. The quantitative estimate of drug-likeness (QED) is 0.617. The number of unbranched alkanes of at least 4 members (excludes halogenated alkanes) is 1. The minimum atomic E-state index is 0.647. The Morgan fingerprint density at radius 1 is 1.25 bits per heavy atom. The van der Waals surface area contributed by atoms with Crippen molar-refractivity contribution in [3.05, 3.63) is 23.9 Å². The molecule has 1 rings (SSSR count). The Balaban J connectivity index is 2.48. The van der Waals surface area contributed by atoms with Gasteiger partial charge in [0.05, 0.1) is 6.61 Å². The van der Waals surface area contributed by atoms with Crippen molar-refractivity contribution >= 4 is 0 Å². The molecule has 1 atom stereocenters. The second kappa shape index (κ2) is 10.7. The number of nitrogens with one attached hydrogen (secondary N) is 1. The number of hydrogen-bond donors (Lipinski definition) is 1. The third-order valence-electron chi connectivity index (χ3n) is 3.59. The van der Waals surface area contributed by atoms with Gasteiger partial charge in [-0.1, -0.05) is 46.1 Å². The van der Waals surface area contributed by atoms with Gasteiger partial charge >= 0.3 is 0 Å². The molecule has 3 nitrogen and oxygen atoms in total. The summed E-state index contributed by atoms with van der Waals surface area (Å²) in [6, 6.07) is 4.07. The van der Waals surface area contributed by atoms with Gasteiger partial charge in [0.25, 0.3) is 0 Å². The average molecular weight is 278 g/mol. The summed E-state index contributed by atoms with van der Waals surface area (Å²) in [5, 5.41) is 3.41. The van der Waals surface area contributed by atoms with E-state index in [1.165, 1.54) is 25.7 Å². The highest BCUT2D eigenvalue weighted by Gasteiger charge is 2.09. The highest BCUT2D eigenvalue weighted by molar-refractivity contribution is 5.25. The molecule has 1 unspecified atom stereocenters. The van der Waals surface area contributed by atoms with Crippen LogP contribution in [0, 0.1) is 5.92 Å². The van der Waals surface area contributed by atoms with Crippen molar-refractivity contribution in [3.8, 4) is 5.88 Å². The van der Waals surface area contributed by atoms with Gasteiger partial charge in [-0.15, -0.1) is 0 Å². The molecule has 0 spiro atoms. The van der Waals surface area contributed by atoms with Crippen molar-refractivity contribution in [1.82, 2.24) is 10.3 Å². The molecule has 0 bridgehead atoms. The van der Waals surface area contributed by atoms with Gasteiger partial charge in [-0.2, -0.15) is 0 Å². The first-order chi connectivity index (χ1) is 9.81. The van der Waals surface area contributed by atoms with Gasteiger partial charge in [-0.05, 0) is 31.4 Å². The highest BCUT2D eigenvalue weighted by Crippen LogP contribution is 2.18. The second-order valence-corrected chi connectivity index (χ2v) is 5.37. The van der Waals surface area contributed by atoms with Crippen LogP contribution in [-0.4, -0.2) is 18.1 Å². The minimum Gasteiger partial charge on any atom is -0.477 e. The van der Waals surface area contributed by atoms with E-state index in [1.54, 1.807) is 0 Å². The number of rotatable bonds is 11. The zero-order chi connectivity index (χ0) is 14.6. The van der Waals surface area contributed by atoms with Crippen LogP contribution in [0.2, 0.25) is 0 Å². The molecule has 114 valence electrons. The summed E-state index contributed by atoms with van der Waals surface area (Å²) in [5.41, 5.74) is 1.16. The lowest BCUT2D eigenvalue weighted by Gasteiger charge is -2.16. The highest BCUT2D eigenvalue weighted by atomic mass is 16.5. The molecular formula is C17H30N2O. The molecule has 3 heteroatoms. The van der Waals surface area contributed by atoms with Crippen LogP contribution in [0.5, 0.6) is 5.88 Å². The molecule has 0 fully saturated rings. The van der Waals surface area contributed by atoms with Gasteiger partial charge in [-0.3, -0.25) is 0 Å². The lowest BCUT2D eigenvalue weighted by atomic mass is 10.0. The fourth-order valence-corrected chi connectivity index (χ4v) is 2.18. The van der Waals surface area contributed by atoms with Crippen LogP contribution in [0.25, 0.3) is 0 Å². The largest absolute Gasteiger partial charge is 0.477 e. The predicted molar refractivity (Wildman–Crippen MR) is 85.0 cm³/mol. The van der Waals surface area contributed by atoms with Crippen molar-refractivity contribution in [2.75, 3.05) is 13.2 Å². The molecule has 1 aromatic rings. The van der Waals surface area contributed by atoms with Gasteiger partial charge in [-0.25, -0.2) is 4.98 Å². The lowest BCUT2D eigenvalue weighted by molar-refractivity contribution is 0.223. The van der Waals surface area contributed by atoms with Gasteiger partial charge in [0.15, 0.2) is 0 Å². The van der Waals surface area contributed by atoms with Crippen LogP contribution < -0.4 is 10.1 Å². The lowest BCUT2D eigenvalue weighted by Crippen LogP contribution is -2.17. The number of aromatic nitrogens is 1. The summed E-state index contributed by atoms with van der Waals surface area (Å²) >= 11 is 0. The van der Waals surface area contributed by atoms with E-state index in [1.807, 2.05) is 12.3 Å². The first kappa shape index (κ1) is 17.0. The zero-order valence-electron chi connectivity index (χ0n) is 13.3. The molecule has 0 aromatic carbocycles. The minimum absolute atomic E-state index is 0.647. The molecule has 0 saturated heterocycles. The second-order valence-electron chi connectivity index (χ2n) is 5.37. The zero-order valence-corrected chi connectivity index (χ0v) is 13.3. The van der Waals surface area contributed by atoms with E-state index in [0.29, 0.717) is 5.92 Å². The Bertz CT molecular complexity index is 355. The molecule has 0 amide bonds. The van der Waals surface area contributed by atoms with Crippen LogP contribution in [0.1, 0.15) is 58.4 Å². The molecular weight excluding hydrogens is 248 g/mol. The monoisotopic (exact) mass is 278 g/mol. The molecule has 0 aliphatic heterocycles. The fourth-order valence-electron chi connectivity index (χ4n) is 2.18. The molecule has 1 aromatic heterocycles. The fraction of sp³-hybridized carbons (Fsp3) is 0.706. The summed E-state index contributed by atoms with van der Waals surface area (Å²) in [5.74, 6) is 1.44. The molecule has 1 N–H and O–H groups in total. The van der Waals surface area contributed by atoms with Crippen LogP contribution in [0.3, 0.4) is 0 Å². The first-order valence-electron chi connectivity index (χ1n) is 8.09. The Morgan fingerprint density at radius 3 is 2.80 bits per heavy atom. The average Bonchev–Trinajstić information content (AvgIpc) is 2.49. The molecule has 0 saturated carbocycles. The van der Waals surface area contributed by atoms with Crippen LogP contribution >= 0.6 is 0 Å². The van der Waals surface area contributed by atoms with Gasteiger partial charge < -0.3 is 10.1 Å². The number of hydrogen-bond acceptors (Lipinski definition) is 3. The summed E-state index contributed by atoms with van der Waals surface area (Å²) < 4.78 is 5.97. The first-order valence-corrected chi connectivity index (χ1v) is 8.09. The van der Waals surface area contributed by atoms with Crippen molar-refractivity contribution in [1.29, 1.82) is 0 Å². The Kier molecular flexibility index (Phi) is 9.05. The van der Waals surface area contributed by atoms with Crippen molar-refractivity contribution in [2.24, 2.45) is 5.92 Å². The van der Waals surface area contributed by atoms with Crippen molar-refractivity contribution in [2.45, 2.75) is 59.4 Å². The van der Waals surface area contributed by atoms with E-state index in [-0.39, 0.29) is 0 Å². The summed E-state index contributed by atoms with van der Waals surface area (Å²) in [4.78, 5) is 4.38. The Hall–Kier alpha value is -1.09. The predicted octanol–water partition coefficient (Wildman–Crippen LogP) is 4.18. The van der Waals surface area contributed by atoms with Crippen molar-refractivity contribution < 1.29 is 4.74 Å². The normalized spacial score (nSPS) is 12.3. The molecule has 0 radical (unpaired) electrons. The maximum absolute atomic E-state index is 5.97. The van der Waals surface area contributed by atoms with E-state index in [0.717, 1.165) is 37.6 Å². The van der Waals surface area contributed by atoms with Gasteiger partial charge in [0, 0.05) is 18.3 Å². The Labute approximate surface area is 124 Å². The van der Waals surface area contributed by atoms with E-state index < -0.39 is 0 Å². The van der Waals surface area contributed by atoms with E-state index in [2.05, 4.69) is 37.1 Å².